The van der Waals surface area contributed by atoms with Crippen molar-refractivity contribution in [1.82, 2.24) is 4.98 Å². The van der Waals surface area contributed by atoms with Gasteiger partial charge < -0.3 is 18.9 Å². The lowest BCUT2D eigenvalue weighted by atomic mass is 10.00. The van der Waals surface area contributed by atoms with Crippen LogP contribution < -0.4 is 18.9 Å². The monoisotopic (exact) mass is 479 g/mol. The molecule has 0 amide bonds. The van der Waals surface area contributed by atoms with Gasteiger partial charge >= 0.3 is 0 Å². The molecule has 0 aliphatic rings. The van der Waals surface area contributed by atoms with Crippen molar-refractivity contribution in [2.75, 3.05) is 27.9 Å². The van der Waals surface area contributed by atoms with E-state index >= 15 is 0 Å². The Labute approximate surface area is 172 Å². The van der Waals surface area contributed by atoms with E-state index in [-0.39, 0.29) is 0 Å². The molecule has 0 unspecified atom stereocenters. The van der Waals surface area contributed by atoms with Gasteiger partial charge in [0.2, 0.25) is 5.75 Å². The van der Waals surface area contributed by atoms with E-state index in [4.69, 9.17) is 18.9 Å². The Balaban J connectivity index is 2.06. The molecule has 0 aliphatic carbocycles. The Kier molecular flexibility index (Phi) is 6.26. The maximum atomic E-state index is 5.71. The van der Waals surface area contributed by atoms with Gasteiger partial charge in [0.15, 0.2) is 11.5 Å². The quantitative estimate of drug-likeness (QED) is 0.454. The van der Waals surface area contributed by atoms with Gasteiger partial charge in [-0.05, 0) is 70.6 Å². The van der Waals surface area contributed by atoms with E-state index < -0.39 is 0 Å². The largest absolute Gasteiger partial charge is 0.493 e. The molecule has 142 valence electrons. The molecule has 1 aromatic heterocycles. The number of benzene rings is 2. The summed E-state index contributed by atoms with van der Waals surface area (Å²) in [6.07, 6.45) is 4.49. The van der Waals surface area contributed by atoms with E-state index in [1.54, 1.807) is 21.3 Å². The minimum atomic E-state index is 0.593. The third-order valence-corrected chi connectivity index (χ3v) is 5.46. The van der Waals surface area contributed by atoms with Gasteiger partial charge in [0.25, 0.3) is 0 Å². The second kappa shape index (κ2) is 8.65. The predicted octanol–water partition coefficient (Wildman–Crippen LogP) is 4.85. The highest BCUT2D eigenvalue weighted by Gasteiger charge is 2.15. The number of halogens is 1. The average Bonchev–Trinajstić information content (AvgIpc) is 2.69. The molecule has 3 rings (SSSR count). The highest BCUT2D eigenvalue weighted by molar-refractivity contribution is 14.1. The molecule has 2 aromatic carbocycles. The van der Waals surface area contributed by atoms with Crippen molar-refractivity contribution in [3.05, 3.63) is 51.4 Å². The number of hydrogen-bond acceptors (Lipinski definition) is 5. The van der Waals surface area contributed by atoms with Crippen LogP contribution in [-0.2, 0) is 6.42 Å². The molecule has 0 bridgehead atoms. The number of pyridine rings is 1. The van der Waals surface area contributed by atoms with Gasteiger partial charge in [0, 0.05) is 17.8 Å². The highest BCUT2D eigenvalue weighted by Crippen LogP contribution is 2.39. The number of fused-ring (bicyclic) bond motifs is 1. The Morgan fingerprint density at radius 1 is 0.889 bits per heavy atom. The van der Waals surface area contributed by atoms with Crippen LogP contribution in [0.15, 0.2) is 36.7 Å². The fourth-order valence-corrected chi connectivity index (χ4v) is 3.88. The minimum Gasteiger partial charge on any atom is -0.493 e. The fourth-order valence-electron chi connectivity index (χ4n) is 3.12. The summed E-state index contributed by atoms with van der Waals surface area (Å²) in [5.74, 6) is 2.77. The molecule has 5 nitrogen and oxygen atoms in total. The summed E-state index contributed by atoms with van der Waals surface area (Å²) in [6.45, 7) is 2.62. The molecule has 0 aliphatic heterocycles. The van der Waals surface area contributed by atoms with Crippen molar-refractivity contribution in [3.63, 3.8) is 0 Å². The van der Waals surface area contributed by atoms with Crippen molar-refractivity contribution in [3.8, 4) is 23.0 Å². The maximum Gasteiger partial charge on any atom is 0.203 e. The first-order valence-electron chi connectivity index (χ1n) is 8.59. The predicted molar refractivity (Wildman–Crippen MR) is 115 cm³/mol. The van der Waals surface area contributed by atoms with E-state index in [0.29, 0.717) is 30.3 Å². The number of nitrogens with zero attached hydrogens (tertiary/aromatic N) is 1. The molecule has 0 N–H and O–H groups in total. The van der Waals surface area contributed by atoms with Crippen LogP contribution in [-0.4, -0.2) is 32.9 Å². The lowest BCUT2D eigenvalue weighted by Gasteiger charge is -2.15. The first kappa shape index (κ1) is 19.5. The topological polar surface area (TPSA) is 49.8 Å². The minimum absolute atomic E-state index is 0.593. The smallest absolute Gasteiger partial charge is 0.203 e. The summed E-state index contributed by atoms with van der Waals surface area (Å²) in [4.78, 5) is 4.44. The van der Waals surface area contributed by atoms with Crippen LogP contribution >= 0.6 is 22.6 Å². The summed E-state index contributed by atoms with van der Waals surface area (Å²) in [6, 6.07) is 8.06. The molecule has 0 spiro atoms. The zero-order valence-electron chi connectivity index (χ0n) is 15.8. The zero-order valence-corrected chi connectivity index (χ0v) is 18.0. The summed E-state index contributed by atoms with van der Waals surface area (Å²) in [5.41, 5.74) is 2.19. The van der Waals surface area contributed by atoms with Crippen molar-refractivity contribution in [2.24, 2.45) is 0 Å². The van der Waals surface area contributed by atoms with Crippen LogP contribution in [0.5, 0.6) is 23.0 Å². The second-order valence-corrected chi connectivity index (χ2v) is 6.99. The molecule has 0 radical (unpaired) electrons. The van der Waals surface area contributed by atoms with Crippen molar-refractivity contribution >= 4 is 33.4 Å². The second-order valence-electron chi connectivity index (χ2n) is 5.91. The number of aromatic nitrogens is 1. The van der Waals surface area contributed by atoms with Gasteiger partial charge in [-0.15, -0.1) is 0 Å². The van der Waals surface area contributed by atoms with Crippen molar-refractivity contribution in [1.29, 1.82) is 0 Å². The third kappa shape index (κ3) is 3.90. The normalized spacial score (nSPS) is 10.7. The summed E-state index contributed by atoms with van der Waals surface area (Å²) in [5, 5.41) is 2.25. The number of ether oxygens (including phenoxy) is 4. The molecule has 3 aromatic rings. The maximum absolute atomic E-state index is 5.71. The summed E-state index contributed by atoms with van der Waals surface area (Å²) < 4.78 is 23.1. The van der Waals surface area contributed by atoms with Crippen LogP contribution in [0, 0.1) is 3.57 Å². The molecule has 0 saturated carbocycles. The lowest BCUT2D eigenvalue weighted by Crippen LogP contribution is -1.99. The lowest BCUT2D eigenvalue weighted by molar-refractivity contribution is 0.324. The Bertz CT molecular complexity index is 933. The van der Waals surface area contributed by atoms with Gasteiger partial charge in [-0.1, -0.05) is 6.07 Å². The zero-order chi connectivity index (χ0) is 19.4. The first-order chi connectivity index (χ1) is 13.1. The number of methoxy groups -OCH3 is 3. The fraction of sp³-hybridized carbons (Fsp3) is 0.286. The van der Waals surface area contributed by atoms with E-state index in [1.165, 1.54) is 0 Å². The van der Waals surface area contributed by atoms with Gasteiger partial charge in [-0.2, -0.15) is 0 Å². The van der Waals surface area contributed by atoms with Crippen LogP contribution in [0.3, 0.4) is 0 Å². The van der Waals surface area contributed by atoms with Crippen molar-refractivity contribution in [2.45, 2.75) is 13.3 Å². The average molecular weight is 479 g/mol. The van der Waals surface area contributed by atoms with Crippen LogP contribution in [0.2, 0.25) is 0 Å². The molecule has 0 saturated heterocycles. The van der Waals surface area contributed by atoms with E-state index in [1.807, 2.05) is 37.5 Å². The van der Waals surface area contributed by atoms with Gasteiger partial charge in [-0.3, -0.25) is 4.98 Å². The van der Waals surface area contributed by atoms with Crippen molar-refractivity contribution < 1.29 is 18.9 Å². The Hall–Kier alpha value is -2.22. The molecule has 27 heavy (non-hydrogen) atoms. The van der Waals surface area contributed by atoms with Gasteiger partial charge in [0.05, 0.1) is 31.5 Å². The first-order valence-corrected chi connectivity index (χ1v) is 9.67. The van der Waals surface area contributed by atoms with Gasteiger partial charge in [0.1, 0.15) is 5.75 Å². The summed E-state index contributed by atoms with van der Waals surface area (Å²) in [7, 11) is 4.85. The van der Waals surface area contributed by atoms with E-state index in [9.17, 15) is 0 Å². The SMILES string of the molecule is CCOc1ccc2c(Cc3cc(OC)c(OC)c(OC)c3)cncc2c1I. The molecule has 6 heteroatoms. The van der Waals surface area contributed by atoms with Crippen LogP contribution in [0.4, 0.5) is 0 Å². The number of hydrogen-bond donors (Lipinski definition) is 0. The molecule has 1 heterocycles. The highest BCUT2D eigenvalue weighted by atomic mass is 127. The van der Waals surface area contributed by atoms with Crippen LogP contribution in [0.25, 0.3) is 10.8 Å². The Morgan fingerprint density at radius 2 is 1.59 bits per heavy atom. The molecular weight excluding hydrogens is 457 g/mol. The Morgan fingerprint density at radius 3 is 2.19 bits per heavy atom. The third-order valence-electron chi connectivity index (χ3n) is 4.34. The van der Waals surface area contributed by atoms with Gasteiger partial charge in [-0.25, -0.2) is 0 Å². The van der Waals surface area contributed by atoms with Crippen LogP contribution in [0.1, 0.15) is 18.1 Å². The van der Waals surface area contributed by atoms with E-state index in [2.05, 4.69) is 33.6 Å². The van der Waals surface area contributed by atoms with E-state index in [0.717, 1.165) is 31.2 Å². The summed E-state index contributed by atoms with van der Waals surface area (Å²) >= 11 is 2.32. The molecule has 0 atom stereocenters. The molecular formula is C21H22INO4. The standard InChI is InChI=1S/C21H22INO4/c1-5-27-17-7-6-15-14(11-23-12-16(15)20(17)22)8-13-9-18(24-2)21(26-4)19(10-13)25-3/h6-7,9-12H,5,8H2,1-4H3. The molecule has 0 fully saturated rings. The number of rotatable bonds is 7.